The van der Waals surface area contributed by atoms with Gasteiger partial charge in [0.25, 0.3) is 0 Å². The summed E-state index contributed by atoms with van der Waals surface area (Å²) in [5.41, 5.74) is 2.03. The maximum atomic E-state index is 15.4. The summed E-state index contributed by atoms with van der Waals surface area (Å²) < 4.78 is 28.0. The molecule has 0 bridgehead atoms. The molecule has 0 radical (unpaired) electrons. The molecule has 1 saturated carbocycles. The number of morpholine rings is 1. The highest BCUT2D eigenvalue weighted by Crippen LogP contribution is 2.34. The molecule has 1 aliphatic heterocycles. The van der Waals surface area contributed by atoms with Crippen LogP contribution in [0, 0.1) is 5.82 Å². The molecule has 36 heavy (non-hydrogen) atoms. The van der Waals surface area contributed by atoms with E-state index in [-0.39, 0.29) is 5.82 Å². The smallest absolute Gasteiger partial charge is 0.184 e. The van der Waals surface area contributed by atoms with Gasteiger partial charge in [-0.1, -0.05) is 30.6 Å². The van der Waals surface area contributed by atoms with E-state index in [1.165, 1.54) is 32.1 Å². The number of nitrogens with one attached hydrogen (secondary N) is 1. The Balaban J connectivity index is 1.21. The molecule has 0 atom stereocenters. The van der Waals surface area contributed by atoms with Crippen molar-refractivity contribution >= 4 is 32.5 Å². The van der Waals surface area contributed by atoms with Crippen molar-refractivity contribution in [3.05, 3.63) is 54.7 Å². The minimum absolute atomic E-state index is 0.343. The van der Waals surface area contributed by atoms with Crippen LogP contribution in [0.3, 0.4) is 0 Å². The molecule has 1 aromatic carbocycles. The van der Waals surface area contributed by atoms with E-state index >= 15 is 4.39 Å². The largest absolute Gasteiger partial charge is 0.456 e. The standard InChI is InChI=1S/C27H28FN5O2S/c28-25-22(8-9-30-26(25)33-10-12-34-13-11-33)18-14-21(17-29-16-18)35-20-6-7-23-24(15-20)36-27(32-23)31-19-4-2-1-3-5-19/h6-9,14-17,19H,1-5,10-13H2,(H,31,32). The van der Waals surface area contributed by atoms with Crippen LogP contribution in [0.4, 0.5) is 15.3 Å². The van der Waals surface area contributed by atoms with Gasteiger partial charge >= 0.3 is 0 Å². The number of halogens is 1. The molecule has 1 aliphatic carbocycles. The van der Waals surface area contributed by atoms with Crippen molar-refractivity contribution in [1.29, 1.82) is 0 Å². The second kappa shape index (κ2) is 10.4. The van der Waals surface area contributed by atoms with Gasteiger partial charge in [-0.25, -0.2) is 14.4 Å². The van der Waals surface area contributed by atoms with Gasteiger partial charge in [-0.2, -0.15) is 0 Å². The lowest BCUT2D eigenvalue weighted by molar-refractivity contribution is 0.122. The average Bonchev–Trinajstić information content (AvgIpc) is 3.31. The summed E-state index contributed by atoms with van der Waals surface area (Å²) in [5, 5.41) is 4.56. The number of benzene rings is 1. The van der Waals surface area contributed by atoms with E-state index in [4.69, 9.17) is 14.5 Å². The third kappa shape index (κ3) is 4.99. The zero-order chi connectivity index (χ0) is 24.3. The number of anilines is 2. The first-order valence-electron chi connectivity index (χ1n) is 12.5. The van der Waals surface area contributed by atoms with Crippen LogP contribution in [0.1, 0.15) is 32.1 Å². The summed E-state index contributed by atoms with van der Waals surface area (Å²) in [4.78, 5) is 15.2. The van der Waals surface area contributed by atoms with E-state index in [1.807, 2.05) is 23.1 Å². The maximum Gasteiger partial charge on any atom is 0.184 e. The van der Waals surface area contributed by atoms with Gasteiger partial charge in [0, 0.05) is 48.7 Å². The minimum Gasteiger partial charge on any atom is -0.456 e. The Morgan fingerprint density at radius 3 is 2.75 bits per heavy atom. The van der Waals surface area contributed by atoms with Crippen LogP contribution in [0.25, 0.3) is 21.3 Å². The van der Waals surface area contributed by atoms with E-state index < -0.39 is 0 Å². The van der Waals surface area contributed by atoms with Crippen molar-refractivity contribution in [2.24, 2.45) is 0 Å². The molecule has 4 aromatic rings. The summed E-state index contributed by atoms with van der Waals surface area (Å²) in [6, 6.07) is 9.87. The van der Waals surface area contributed by atoms with Crippen molar-refractivity contribution in [1.82, 2.24) is 15.0 Å². The summed E-state index contributed by atoms with van der Waals surface area (Å²) in [6.07, 6.45) is 11.2. The van der Waals surface area contributed by atoms with E-state index in [1.54, 1.807) is 42.1 Å². The van der Waals surface area contributed by atoms with Gasteiger partial charge in [0.15, 0.2) is 16.8 Å². The van der Waals surface area contributed by atoms with Crippen molar-refractivity contribution in [3.63, 3.8) is 0 Å². The fraction of sp³-hybridized carbons (Fsp3) is 0.370. The lowest BCUT2D eigenvalue weighted by Crippen LogP contribution is -2.37. The Hall–Kier alpha value is -3.30. The van der Waals surface area contributed by atoms with Crippen molar-refractivity contribution in [2.75, 3.05) is 36.5 Å². The van der Waals surface area contributed by atoms with Crippen LogP contribution in [-0.4, -0.2) is 47.3 Å². The third-order valence-electron chi connectivity index (χ3n) is 6.73. The van der Waals surface area contributed by atoms with E-state index in [0.29, 0.717) is 60.8 Å². The molecular formula is C27H28FN5O2S. The molecule has 0 amide bonds. The van der Waals surface area contributed by atoms with Gasteiger partial charge in [0.1, 0.15) is 11.5 Å². The van der Waals surface area contributed by atoms with Crippen molar-refractivity contribution < 1.29 is 13.9 Å². The van der Waals surface area contributed by atoms with Gasteiger partial charge < -0.3 is 19.7 Å². The van der Waals surface area contributed by atoms with Crippen LogP contribution in [-0.2, 0) is 4.74 Å². The molecule has 4 heterocycles. The quantitative estimate of drug-likeness (QED) is 0.331. The summed E-state index contributed by atoms with van der Waals surface area (Å²) in [5.74, 6) is 1.22. The molecule has 3 aromatic heterocycles. The van der Waals surface area contributed by atoms with Crippen LogP contribution >= 0.6 is 11.3 Å². The topological polar surface area (TPSA) is 72.4 Å². The highest BCUT2D eigenvalue weighted by Gasteiger charge is 2.20. The fourth-order valence-electron chi connectivity index (χ4n) is 4.86. The Morgan fingerprint density at radius 1 is 1.03 bits per heavy atom. The maximum absolute atomic E-state index is 15.4. The number of hydrogen-bond acceptors (Lipinski definition) is 8. The van der Waals surface area contributed by atoms with E-state index in [2.05, 4.69) is 15.3 Å². The fourth-order valence-corrected chi connectivity index (χ4v) is 5.83. The normalized spacial score (nSPS) is 16.9. The molecule has 2 aliphatic rings. The highest BCUT2D eigenvalue weighted by atomic mass is 32.1. The number of ether oxygens (including phenoxy) is 2. The number of fused-ring (bicyclic) bond motifs is 1. The SMILES string of the molecule is Fc1c(-c2cncc(Oc3ccc4nc(NC5CCCCC5)sc4c3)c2)ccnc1N1CCOCC1. The number of thiazole rings is 1. The Kier molecular flexibility index (Phi) is 6.65. The summed E-state index contributed by atoms with van der Waals surface area (Å²) in [7, 11) is 0. The predicted octanol–water partition coefficient (Wildman–Crippen LogP) is 6.27. The van der Waals surface area contributed by atoms with Crippen LogP contribution in [0.5, 0.6) is 11.5 Å². The van der Waals surface area contributed by atoms with Crippen LogP contribution in [0.15, 0.2) is 48.9 Å². The lowest BCUT2D eigenvalue weighted by Gasteiger charge is -2.28. The molecule has 1 N–H and O–H groups in total. The molecule has 186 valence electrons. The minimum atomic E-state index is -0.359. The second-order valence-electron chi connectivity index (χ2n) is 9.23. The van der Waals surface area contributed by atoms with E-state index in [0.717, 1.165) is 15.3 Å². The molecule has 2 fully saturated rings. The molecule has 6 rings (SSSR count). The highest BCUT2D eigenvalue weighted by molar-refractivity contribution is 7.22. The molecule has 7 nitrogen and oxygen atoms in total. The van der Waals surface area contributed by atoms with Gasteiger partial charge in [-0.05, 0) is 37.1 Å². The lowest BCUT2D eigenvalue weighted by atomic mass is 9.96. The first-order valence-corrected chi connectivity index (χ1v) is 13.3. The molecule has 0 unspecified atom stereocenters. The average molecular weight is 506 g/mol. The number of rotatable bonds is 6. The molecule has 0 spiro atoms. The zero-order valence-corrected chi connectivity index (χ0v) is 20.8. The monoisotopic (exact) mass is 505 g/mol. The Labute approximate surface area is 213 Å². The Morgan fingerprint density at radius 2 is 1.89 bits per heavy atom. The predicted molar refractivity (Wildman–Crippen MR) is 141 cm³/mol. The summed E-state index contributed by atoms with van der Waals surface area (Å²) >= 11 is 1.64. The molecule has 1 saturated heterocycles. The van der Waals surface area contributed by atoms with E-state index in [9.17, 15) is 0 Å². The first-order chi connectivity index (χ1) is 17.7. The van der Waals surface area contributed by atoms with Gasteiger partial charge in [0.05, 0.1) is 29.6 Å². The summed E-state index contributed by atoms with van der Waals surface area (Å²) in [6.45, 7) is 2.37. The molecular weight excluding hydrogens is 477 g/mol. The van der Waals surface area contributed by atoms with Gasteiger partial charge in [0.2, 0.25) is 0 Å². The zero-order valence-electron chi connectivity index (χ0n) is 20.0. The first kappa shape index (κ1) is 23.1. The Bertz CT molecular complexity index is 1350. The van der Waals surface area contributed by atoms with Gasteiger partial charge in [-0.15, -0.1) is 0 Å². The van der Waals surface area contributed by atoms with Crippen LogP contribution in [0.2, 0.25) is 0 Å². The second-order valence-corrected chi connectivity index (χ2v) is 10.3. The van der Waals surface area contributed by atoms with Gasteiger partial charge in [-0.3, -0.25) is 4.98 Å². The third-order valence-corrected chi connectivity index (χ3v) is 7.68. The number of aromatic nitrogens is 3. The number of pyridine rings is 2. The van der Waals surface area contributed by atoms with Crippen molar-refractivity contribution in [3.8, 4) is 22.6 Å². The number of nitrogens with zero attached hydrogens (tertiary/aromatic N) is 4. The van der Waals surface area contributed by atoms with Crippen LogP contribution < -0.4 is 15.0 Å². The van der Waals surface area contributed by atoms with Crippen molar-refractivity contribution in [2.45, 2.75) is 38.1 Å². The molecule has 9 heteroatoms. The number of hydrogen-bond donors (Lipinski definition) is 1.